The first-order valence-corrected chi connectivity index (χ1v) is 9.45. The van der Waals surface area contributed by atoms with Crippen LogP contribution < -0.4 is 5.73 Å². The Morgan fingerprint density at radius 3 is 2.50 bits per heavy atom. The average molecular weight is 351 g/mol. The summed E-state index contributed by atoms with van der Waals surface area (Å²) in [4.78, 5) is 2.45. The minimum absolute atomic E-state index is 0.194. The van der Waals surface area contributed by atoms with Gasteiger partial charge in [0, 0.05) is 54.9 Å². The number of nitrogens with two attached hydrogens (primary N) is 1. The molecule has 0 aliphatic carbocycles. The molecule has 3 nitrogen and oxygen atoms in total. The van der Waals surface area contributed by atoms with Crippen LogP contribution in [0.3, 0.4) is 0 Å². The topological polar surface area (TPSA) is 34.2 Å². The van der Waals surface area contributed by atoms with Crippen molar-refractivity contribution in [2.24, 2.45) is 5.73 Å². The summed E-state index contributed by atoms with van der Waals surface area (Å²) >= 11 is 0. The summed E-state index contributed by atoms with van der Waals surface area (Å²) in [5.74, 6) is -0.194. The van der Waals surface area contributed by atoms with Gasteiger partial charge in [-0.05, 0) is 49.6 Å². The van der Waals surface area contributed by atoms with Gasteiger partial charge >= 0.3 is 0 Å². The Bertz CT molecular complexity index is 890. The van der Waals surface area contributed by atoms with Crippen LogP contribution in [0.25, 0.3) is 22.0 Å². The number of benzene rings is 2. The van der Waals surface area contributed by atoms with Crippen LogP contribution in [0.15, 0.2) is 48.7 Å². The number of piperidine rings is 1. The van der Waals surface area contributed by atoms with Gasteiger partial charge in [-0.1, -0.05) is 23.8 Å². The second kappa shape index (κ2) is 7.22. The van der Waals surface area contributed by atoms with Crippen molar-refractivity contribution in [3.8, 4) is 11.1 Å². The predicted octanol–water partition coefficient (Wildman–Crippen LogP) is 4.35. The van der Waals surface area contributed by atoms with E-state index in [1.807, 2.05) is 12.1 Å². The SMILES string of the molecule is Cc1ccc2c(c1)c(-c1ccc(F)cc1)cn2C1CCN(CCN)CC1. The molecule has 2 aromatic carbocycles. The van der Waals surface area contributed by atoms with E-state index >= 15 is 0 Å². The van der Waals surface area contributed by atoms with Crippen LogP contribution in [0.5, 0.6) is 0 Å². The minimum atomic E-state index is -0.194. The van der Waals surface area contributed by atoms with E-state index in [9.17, 15) is 4.39 Å². The van der Waals surface area contributed by atoms with E-state index in [-0.39, 0.29) is 5.82 Å². The van der Waals surface area contributed by atoms with Gasteiger partial charge in [-0.2, -0.15) is 0 Å². The lowest BCUT2D eigenvalue weighted by atomic mass is 10.0. The van der Waals surface area contributed by atoms with Gasteiger partial charge in [-0.25, -0.2) is 4.39 Å². The number of likely N-dealkylation sites (tertiary alicyclic amines) is 1. The first-order chi connectivity index (χ1) is 12.7. The Morgan fingerprint density at radius 1 is 1.08 bits per heavy atom. The van der Waals surface area contributed by atoms with Crippen LogP contribution in [0.1, 0.15) is 24.4 Å². The van der Waals surface area contributed by atoms with Crippen LogP contribution in [0.4, 0.5) is 4.39 Å². The summed E-state index contributed by atoms with van der Waals surface area (Å²) < 4.78 is 15.8. The summed E-state index contributed by atoms with van der Waals surface area (Å²) in [5, 5.41) is 1.25. The molecule has 1 aliphatic rings. The summed E-state index contributed by atoms with van der Waals surface area (Å²) in [7, 11) is 0. The molecule has 1 saturated heterocycles. The molecule has 26 heavy (non-hydrogen) atoms. The molecule has 1 aromatic heterocycles. The Kier molecular flexibility index (Phi) is 4.79. The standard InChI is InChI=1S/C22H26FN3/c1-16-2-7-22-20(14-16)21(17-3-5-18(23)6-4-17)15-26(22)19-8-11-25(12-9-19)13-10-24/h2-7,14-15,19H,8-13,24H2,1H3. The van der Waals surface area contributed by atoms with Gasteiger partial charge in [0.25, 0.3) is 0 Å². The minimum Gasteiger partial charge on any atom is -0.344 e. The molecule has 1 aliphatic heterocycles. The normalized spacial score (nSPS) is 16.4. The molecule has 0 atom stereocenters. The Hall–Kier alpha value is -2.17. The first kappa shape index (κ1) is 17.3. The van der Waals surface area contributed by atoms with Crippen molar-refractivity contribution >= 4 is 10.9 Å². The monoisotopic (exact) mass is 351 g/mol. The van der Waals surface area contributed by atoms with E-state index in [0.29, 0.717) is 6.04 Å². The van der Waals surface area contributed by atoms with Gasteiger partial charge < -0.3 is 15.2 Å². The fourth-order valence-corrected chi connectivity index (χ4v) is 4.13. The van der Waals surface area contributed by atoms with E-state index in [0.717, 1.165) is 44.6 Å². The lowest BCUT2D eigenvalue weighted by Crippen LogP contribution is -2.37. The third-order valence-electron chi connectivity index (χ3n) is 5.54. The molecule has 0 saturated carbocycles. The largest absolute Gasteiger partial charge is 0.344 e. The Balaban J connectivity index is 1.73. The van der Waals surface area contributed by atoms with Gasteiger partial charge in [-0.15, -0.1) is 0 Å². The summed E-state index contributed by atoms with van der Waals surface area (Å²) in [5.41, 5.74) is 10.5. The first-order valence-electron chi connectivity index (χ1n) is 9.45. The lowest BCUT2D eigenvalue weighted by molar-refractivity contribution is 0.193. The zero-order chi connectivity index (χ0) is 18.1. The van der Waals surface area contributed by atoms with Gasteiger partial charge in [0.2, 0.25) is 0 Å². The van der Waals surface area contributed by atoms with Crippen LogP contribution in [0.2, 0.25) is 0 Å². The van der Waals surface area contributed by atoms with Crippen molar-refractivity contribution in [2.45, 2.75) is 25.8 Å². The van der Waals surface area contributed by atoms with Gasteiger partial charge in [-0.3, -0.25) is 0 Å². The summed E-state index contributed by atoms with van der Waals surface area (Å²) in [6.45, 7) is 6.03. The zero-order valence-electron chi connectivity index (χ0n) is 15.3. The molecular formula is C22H26FN3. The number of rotatable bonds is 4. The number of fused-ring (bicyclic) bond motifs is 1. The van der Waals surface area contributed by atoms with Crippen molar-refractivity contribution in [1.29, 1.82) is 0 Å². The van der Waals surface area contributed by atoms with Gasteiger partial charge in [0.05, 0.1) is 0 Å². The third kappa shape index (κ3) is 3.27. The highest BCUT2D eigenvalue weighted by molar-refractivity contribution is 5.96. The number of nitrogens with zero attached hydrogens (tertiary/aromatic N) is 2. The van der Waals surface area contributed by atoms with E-state index in [1.54, 1.807) is 12.1 Å². The van der Waals surface area contributed by atoms with Crippen molar-refractivity contribution < 1.29 is 4.39 Å². The van der Waals surface area contributed by atoms with Crippen LogP contribution in [-0.4, -0.2) is 35.6 Å². The average Bonchev–Trinajstić information content (AvgIpc) is 3.02. The number of aromatic nitrogens is 1. The fourth-order valence-electron chi connectivity index (χ4n) is 4.13. The van der Waals surface area contributed by atoms with Crippen LogP contribution in [0, 0.1) is 12.7 Å². The molecule has 0 unspecified atom stereocenters. The molecule has 0 amide bonds. The zero-order valence-corrected chi connectivity index (χ0v) is 15.3. The van der Waals surface area contributed by atoms with Crippen molar-refractivity contribution in [3.63, 3.8) is 0 Å². The number of halogens is 1. The number of hydrogen-bond acceptors (Lipinski definition) is 2. The van der Waals surface area contributed by atoms with Crippen LogP contribution in [-0.2, 0) is 0 Å². The maximum atomic E-state index is 13.4. The smallest absolute Gasteiger partial charge is 0.123 e. The predicted molar refractivity (Wildman–Crippen MR) is 106 cm³/mol. The lowest BCUT2D eigenvalue weighted by Gasteiger charge is -2.32. The van der Waals surface area contributed by atoms with Crippen LogP contribution >= 0.6 is 0 Å². The molecule has 136 valence electrons. The van der Waals surface area contributed by atoms with E-state index < -0.39 is 0 Å². The molecule has 2 heterocycles. The third-order valence-corrected chi connectivity index (χ3v) is 5.54. The number of hydrogen-bond donors (Lipinski definition) is 1. The molecule has 4 rings (SSSR count). The quantitative estimate of drug-likeness (QED) is 0.758. The molecule has 0 radical (unpaired) electrons. The fraction of sp³-hybridized carbons (Fsp3) is 0.364. The maximum Gasteiger partial charge on any atom is 0.123 e. The van der Waals surface area contributed by atoms with Gasteiger partial charge in [0.1, 0.15) is 5.82 Å². The maximum absolute atomic E-state index is 13.4. The molecule has 4 heteroatoms. The second-order valence-electron chi connectivity index (χ2n) is 7.34. The molecule has 1 fully saturated rings. The second-order valence-corrected chi connectivity index (χ2v) is 7.34. The molecule has 0 bridgehead atoms. The highest BCUT2D eigenvalue weighted by Crippen LogP contribution is 2.35. The van der Waals surface area contributed by atoms with E-state index in [4.69, 9.17) is 5.73 Å². The molecule has 3 aromatic rings. The molecule has 2 N–H and O–H groups in total. The van der Waals surface area contributed by atoms with E-state index in [2.05, 4.69) is 40.8 Å². The number of aryl methyl sites for hydroxylation is 1. The van der Waals surface area contributed by atoms with E-state index in [1.165, 1.54) is 22.0 Å². The Morgan fingerprint density at radius 2 is 1.81 bits per heavy atom. The summed E-state index contributed by atoms with van der Waals surface area (Å²) in [6.07, 6.45) is 4.54. The highest BCUT2D eigenvalue weighted by Gasteiger charge is 2.22. The summed E-state index contributed by atoms with van der Waals surface area (Å²) in [6, 6.07) is 14.0. The van der Waals surface area contributed by atoms with Crippen molar-refractivity contribution in [2.75, 3.05) is 26.2 Å². The Labute approximate surface area is 154 Å². The molecular weight excluding hydrogens is 325 g/mol. The highest BCUT2D eigenvalue weighted by atomic mass is 19.1. The van der Waals surface area contributed by atoms with Crippen molar-refractivity contribution in [1.82, 2.24) is 9.47 Å². The van der Waals surface area contributed by atoms with Gasteiger partial charge in [0.15, 0.2) is 0 Å². The van der Waals surface area contributed by atoms with Crippen molar-refractivity contribution in [3.05, 3.63) is 60.0 Å². The molecule has 0 spiro atoms.